The molecular formula is C20H26F6. The van der Waals surface area contributed by atoms with Crippen molar-refractivity contribution in [1.82, 2.24) is 0 Å². The molecule has 26 heavy (non-hydrogen) atoms. The van der Waals surface area contributed by atoms with Gasteiger partial charge < -0.3 is 0 Å². The molecule has 2 rings (SSSR count). The molecule has 0 saturated heterocycles. The lowest BCUT2D eigenvalue weighted by Gasteiger charge is -2.42. The largest absolute Gasteiger partial charge is 0.403 e. The van der Waals surface area contributed by atoms with Crippen molar-refractivity contribution in [3.05, 3.63) is 34.4 Å². The van der Waals surface area contributed by atoms with Crippen LogP contribution in [0.15, 0.2) is 12.1 Å². The van der Waals surface area contributed by atoms with E-state index in [2.05, 4.69) is 20.8 Å². The Hall–Kier alpha value is -1.20. The molecular weight excluding hydrogens is 354 g/mol. The van der Waals surface area contributed by atoms with Crippen LogP contribution in [-0.4, -0.2) is 12.4 Å². The monoisotopic (exact) mass is 380 g/mol. The predicted molar refractivity (Wildman–Crippen MR) is 90.4 cm³/mol. The van der Waals surface area contributed by atoms with Crippen LogP contribution in [0.4, 0.5) is 26.3 Å². The molecule has 148 valence electrons. The highest BCUT2D eigenvalue weighted by Crippen LogP contribution is 2.60. The second-order valence-corrected chi connectivity index (χ2v) is 8.61. The van der Waals surface area contributed by atoms with E-state index in [0.717, 1.165) is 22.3 Å². The van der Waals surface area contributed by atoms with E-state index in [0.29, 0.717) is 0 Å². The Morgan fingerprint density at radius 1 is 0.846 bits per heavy atom. The molecule has 1 saturated carbocycles. The molecule has 1 aliphatic carbocycles. The van der Waals surface area contributed by atoms with Gasteiger partial charge in [0.25, 0.3) is 0 Å². The molecule has 0 N–H and O–H groups in total. The van der Waals surface area contributed by atoms with E-state index in [1.54, 1.807) is 0 Å². The van der Waals surface area contributed by atoms with Crippen LogP contribution in [0.3, 0.4) is 0 Å². The van der Waals surface area contributed by atoms with Crippen molar-refractivity contribution < 1.29 is 26.3 Å². The number of rotatable bonds is 1. The molecule has 0 spiro atoms. The molecule has 0 aliphatic heterocycles. The number of halogens is 6. The summed E-state index contributed by atoms with van der Waals surface area (Å²) in [6.45, 7) is 10.1. The molecule has 0 heterocycles. The summed E-state index contributed by atoms with van der Waals surface area (Å²) in [6.07, 6.45) is -12.5. The standard InChI is InChI=1S/C20H26F6/c1-12-10-15(11-16(13(12)2)17(3,4)5)14-6-8-18(9-7-14,19(21,22)23)20(24,25)26/h10-11,14H,6-9H2,1-5H3. The quantitative estimate of drug-likeness (QED) is 0.446. The zero-order valence-electron chi connectivity index (χ0n) is 15.8. The Labute approximate surface area is 151 Å². The normalized spacial score (nSPS) is 19.7. The van der Waals surface area contributed by atoms with Crippen LogP contribution in [0.2, 0.25) is 0 Å². The first-order chi connectivity index (χ1) is 11.6. The number of benzene rings is 1. The van der Waals surface area contributed by atoms with Gasteiger partial charge in [-0.05, 0) is 73.1 Å². The maximum absolute atomic E-state index is 13.2. The van der Waals surface area contributed by atoms with Gasteiger partial charge in [0.15, 0.2) is 5.41 Å². The second kappa shape index (κ2) is 6.45. The molecule has 0 unspecified atom stereocenters. The van der Waals surface area contributed by atoms with Crippen LogP contribution in [-0.2, 0) is 5.41 Å². The summed E-state index contributed by atoms with van der Waals surface area (Å²) in [5.41, 5.74) is 0.393. The number of hydrogen-bond donors (Lipinski definition) is 0. The minimum atomic E-state index is -5.27. The van der Waals surface area contributed by atoms with E-state index < -0.39 is 30.6 Å². The average molecular weight is 380 g/mol. The third-order valence-corrected chi connectivity index (χ3v) is 5.89. The third-order valence-electron chi connectivity index (χ3n) is 5.89. The molecule has 1 fully saturated rings. The fourth-order valence-electron chi connectivity index (χ4n) is 4.07. The summed E-state index contributed by atoms with van der Waals surface area (Å²) < 4.78 is 79.4. The molecule has 0 aromatic heterocycles. The summed E-state index contributed by atoms with van der Waals surface area (Å²) in [7, 11) is 0. The van der Waals surface area contributed by atoms with Gasteiger partial charge in [0.1, 0.15) is 0 Å². The van der Waals surface area contributed by atoms with Crippen LogP contribution < -0.4 is 0 Å². The number of hydrogen-bond acceptors (Lipinski definition) is 0. The molecule has 0 nitrogen and oxygen atoms in total. The van der Waals surface area contributed by atoms with E-state index in [1.807, 2.05) is 26.0 Å². The van der Waals surface area contributed by atoms with Gasteiger partial charge in [-0.2, -0.15) is 26.3 Å². The number of alkyl halides is 6. The van der Waals surface area contributed by atoms with E-state index in [4.69, 9.17) is 0 Å². The maximum Gasteiger partial charge on any atom is 0.403 e. The van der Waals surface area contributed by atoms with Crippen LogP contribution in [0, 0.1) is 19.3 Å². The first-order valence-electron chi connectivity index (χ1n) is 8.85. The first-order valence-corrected chi connectivity index (χ1v) is 8.85. The Balaban J connectivity index is 2.35. The molecule has 1 aliphatic rings. The van der Waals surface area contributed by atoms with E-state index in [-0.39, 0.29) is 24.2 Å². The summed E-state index contributed by atoms with van der Waals surface area (Å²) in [5, 5.41) is 0. The van der Waals surface area contributed by atoms with Crippen LogP contribution in [0.5, 0.6) is 0 Å². The average Bonchev–Trinajstić information content (AvgIpc) is 2.46. The Morgan fingerprint density at radius 2 is 1.31 bits per heavy atom. The molecule has 0 bridgehead atoms. The maximum atomic E-state index is 13.2. The molecule has 0 amide bonds. The summed E-state index contributed by atoms with van der Waals surface area (Å²) >= 11 is 0. The van der Waals surface area contributed by atoms with Crippen LogP contribution in [0.1, 0.15) is 74.6 Å². The fraction of sp³-hybridized carbons (Fsp3) is 0.700. The molecule has 0 radical (unpaired) electrons. The van der Waals surface area contributed by atoms with Gasteiger partial charge in [-0.3, -0.25) is 0 Å². The van der Waals surface area contributed by atoms with E-state index in [9.17, 15) is 26.3 Å². The summed E-state index contributed by atoms with van der Waals surface area (Å²) in [6, 6.07) is 3.89. The van der Waals surface area contributed by atoms with Gasteiger partial charge in [-0.25, -0.2) is 0 Å². The van der Waals surface area contributed by atoms with Crippen molar-refractivity contribution in [2.45, 2.75) is 84.0 Å². The van der Waals surface area contributed by atoms with E-state index >= 15 is 0 Å². The number of aryl methyl sites for hydroxylation is 1. The van der Waals surface area contributed by atoms with Gasteiger partial charge >= 0.3 is 12.4 Å². The second-order valence-electron chi connectivity index (χ2n) is 8.61. The van der Waals surface area contributed by atoms with Crippen LogP contribution in [0.25, 0.3) is 0 Å². The third kappa shape index (κ3) is 3.61. The van der Waals surface area contributed by atoms with Crippen molar-refractivity contribution in [2.24, 2.45) is 5.41 Å². The minimum Gasteiger partial charge on any atom is -0.170 e. The highest BCUT2D eigenvalue weighted by molar-refractivity contribution is 5.42. The first kappa shape index (κ1) is 21.1. The minimum absolute atomic E-state index is 0.106. The summed E-state index contributed by atoms with van der Waals surface area (Å²) in [4.78, 5) is 0. The fourth-order valence-corrected chi connectivity index (χ4v) is 4.07. The topological polar surface area (TPSA) is 0 Å². The van der Waals surface area contributed by atoms with Gasteiger partial charge in [0, 0.05) is 0 Å². The zero-order chi connectivity index (χ0) is 20.1. The lowest BCUT2D eigenvalue weighted by Crippen LogP contribution is -2.51. The van der Waals surface area contributed by atoms with Gasteiger partial charge in [0.05, 0.1) is 0 Å². The van der Waals surface area contributed by atoms with Gasteiger partial charge in [-0.15, -0.1) is 0 Å². The summed E-state index contributed by atoms with van der Waals surface area (Å²) in [5.74, 6) is -0.270. The van der Waals surface area contributed by atoms with Crippen molar-refractivity contribution in [3.63, 3.8) is 0 Å². The predicted octanol–water partition coefficient (Wildman–Crippen LogP) is 7.37. The van der Waals surface area contributed by atoms with E-state index in [1.165, 1.54) is 0 Å². The lowest BCUT2D eigenvalue weighted by atomic mass is 9.67. The Bertz CT molecular complexity index is 637. The lowest BCUT2D eigenvalue weighted by molar-refractivity contribution is -0.350. The molecule has 1 aromatic carbocycles. The molecule has 1 aromatic rings. The highest BCUT2D eigenvalue weighted by atomic mass is 19.4. The molecule has 0 atom stereocenters. The highest BCUT2D eigenvalue weighted by Gasteiger charge is 2.70. The molecule has 6 heteroatoms. The van der Waals surface area contributed by atoms with Crippen molar-refractivity contribution in [3.8, 4) is 0 Å². The SMILES string of the molecule is Cc1cc(C2CCC(C(F)(F)F)(C(F)(F)F)CC2)cc(C(C)(C)C)c1C. The van der Waals surface area contributed by atoms with Crippen molar-refractivity contribution in [2.75, 3.05) is 0 Å². The zero-order valence-corrected chi connectivity index (χ0v) is 15.8. The Morgan fingerprint density at radius 3 is 1.69 bits per heavy atom. The Kier molecular flexibility index (Phi) is 5.23. The van der Waals surface area contributed by atoms with Gasteiger partial charge in [0.2, 0.25) is 0 Å². The van der Waals surface area contributed by atoms with Crippen molar-refractivity contribution in [1.29, 1.82) is 0 Å². The smallest absolute Gasteiger partial charge is 0.170 e. The van der Waals surface area contributed by atoms with Crippen molar-refractivity contribution >= 4 is 0 Å². The van der Waals surface area contributed by atoms with Gasteiger partial charge in [-0.1, -0.05) is 32.9 Å². The van der Waals surface area contributed by atoms with Crippen LogP contribution >= 0.6 is 0 Å².